The molecule has 0 aromatic heterocycles. The van der Waals surface area contributed by atoms with E-state index >= 15 is 0 Å². The lowest BCUT2D eigenvalue weighted by Gasteiger charge is -2.29. The predicted octanol–water partition coefficient (Wildman–Crippen LogP) is 1.59. The molecule has 0 radical (unpaired) electrons. The Kier molecular flexibility index (Phi) is 7.15. The maximum atomic E-state index is 12.2. The van der Waals surface area contributed by atoms with Crippen LogP contribution in [0.1, 0.15) is 16.7 Å². The van der Waals surface area contributed by atoms with Crippen LogP contribution in [0, 0.1) is 13.8 Å². The molecule has 118 valence electrons. The number of benzene rings is 1. The molecule has 1 aliphatic heterocycles. The second-order valence-corrected chi connectivity index (χ2v) is 5.73. The molecule has 1 saturated heterocycles. The average molecular weight is 312 g/mol. The molecule has 0 atom stereocenters. The van der Waals surface area contributed by atoms with Gasteiger partial charge in [-0.25, -0.2) is 0 Å². The summed E-state index contributed by atoms with van der Waals surface area (Å²) in [6, 6.07) is 6.49. The minimum atomic E-state index is 0. The number of rotatable bonds is 4. The zero-order valence-corrected chi connectivity index (χ0v) is 14.0. The van der Waals surface area contributed by atoms with Crippen LogP contribution in [-0.2, 0) is 11.3 Å². The zero-order valence-electron chi connectivity index (χ0n) is 13.2. The van der Waals surface area contributed by atoms with Crippen molar-refractivity contribution in [3.8, 4) is 0 Å². The molecule has 5 heteroatoms. The quantitative estimate of drug-likeness (QED) is 0.917. The zero-order chi connectivity index (χ0) is 14.5. The summed E-state index contributed by atoms with van der Waals surface area (Å²) >= 11 is 0. The van der Waals surface area contributed by atoms with E-state index in [4.69, 9.17) is 0 Å². The largest absolute Gasteiger partial charge is 0.339 e. The molecule has 1 aromatic rings. The summed E-state index contributed by atoms with van der Waals surface area (Å²) in [4.78, 5) is 16.2. The minimum absolute atomic E-state index is 0. The van der Waals surface area contributed by atoms with Crippen molar-refractivity contribution in [1.82, 2.24) is 15.1 Å². The van der Waals surface area contributed by atoms with Gasteiger partial charge >= 0.3 is 0 Å². The normalized spacial score (nSPS) is 15.0. The topological polar surface area (TPSA) is 35.6 Å². The van der Waals surface area contributed by atoms with E-state index < -0.39 is 0 Å². The van der Waals surface area contributed by atoms with E-state index in [1.807, 2.05) is 11.9 Å². The third-order valence-corrected chi connectivity index (χ3v) is 3.81. The van der Waals surface area contributed by atoms with E-state index in [2.05, 4.69) is 42.3 Å². The predicted molar refractivity (Wildman–Crippen MR) is 88.9 cm³/mol. The average Bonchev–Trinajstić information content (AvgIpc) is 2.43. The molecule has 0 saturated carbocycles. The van der Waals surface area contributed by atoms with Crippen LogP contribution >= 0.6 is 12.4 Å². The summed E-state index contributed by atoms with van der Waals surface area (Å²) in [5.41, 5.74) is 3.88. The number of likely N-dealkylation sites (N-methyl/N-ethyl adjacent to an activating group) is 1. The fourth-order valence-electron chi connectivity index (χ4n) is 2.62. The lowest BCUT2D eigenvalue weighted by molar-refractivity contribution is -0.132. The van der Waals surface area contributed by atoms with E-state index in [0.717, 1.165) is 32.7 Å². The molecule has 1 fully saturated rings. The first-order valence-corrected chi connectivity index (χ1v) is 7.29. The molecule has 4 nitrogen and oxygen atoms in total. The maximum absolute atomic E-state index is 12.2. The first-order valence-electron chi connectivity index (χ1n) is 7.29. The van der Waals surface area contributed by atoms with Crippen LogP contribution in [0.4, 0.5) is 0 Å². The molecule has 0 aliphatic carbocycles. The van der Waals surface area contributed by atoms with Crippen molar-refractivity contribution < 1.29 is 4.79 Å². The van der Waals surface area contributed by atoms with Crippen LogP contribution in [0.5, 0.6) is 0 Å². The highest BCUT2D eigenvalue weighted by Gasteiger charge is 2.17. The van der Waals surface area contributed by atoms with Crippen molar-refractivity contribution in [2.75, 3.05) is 39.8 Å². The summed E-state index contributed by atoms with van der Waals surface area (Å²) in [7, 11) is 2.01. The van der Waals surface area contributed by atoms with Gasteiger partial charge in [-0.1, -0.05) is 23.8 Å². The van der Waals surface area contributed by atoms with E-state index in [9.17, 15) is 4.79 Å². The number of amides is 1. The van der Waals surface area contributed by atoms with E-state index in [1.54, 1.807) is 0 Å². The number of hydrogen-bond acceptors (Lipinski definition) is 3. The number of piperazine rings is 1. The SMILES string of the molecule is Cc1ccc(CN(C)CC(=O)N2CCNCC2)c(C)c1.Cl. The first kappa shape index (κ1) is 18.0. The van der Waals surface area contributed by atoms with Gasteiger partial charge in [0.1, 0.15) is 0 Å². The fraction of sp³-hybridized carbons (Fsp3) is 0.562. The molecule has 2 rings (SSSR count). The molecule has 1 aliphatic rings. The minimum Gasteiger partial charge on any atom is -0.339 e. The van der Waals surface area contributed by atoms with Crippen molar-refractivity contribution in [2.45, 2.75) is 20.4 Å². The van der Waals surface area contributed by atoms with E-state index in [1.165, 1.54) is 16.7 Å². The van der Waals surface area contributed by atoms with Crippen LogP contribution in [0.2, 0.25) is 0 Å². The number of nitrogens with zero attached hydrogens (tertiary/aromatic N) is 2. The Bertz CT molecular complexity index is 473. The number of carbonyl (C=O) groups excluding carboxylic acids is 1. The molecule has 1 aromatic carbocycles. The Morgan fingerprint density at radius 2 is 1.95 bits per heavy atom. The summed E-state index contributed by atoms with van der Waals surface area (Å²) < 4.78 is 0. The highest BCUT2D eigenvalue weighted by atomic mass is 35.5. The summed E-state index contributed by atoms with van der Waals surface area (Å²) in [5.74, 6) is 0.235. The van der Waals surface area contributed by atoms with Gasteiger partial charge in [-0.05, 0) is 32.0 Å². The van der Waals surface area contributed by atoms with Crippen LogP contribution in [0.15, 0.2) is 18.2 Å². The Labute approximate surface area is 133 Å². The number of halogens is 1. The van der Waals surface area contributed by atoms with Gasteiger partial charge in [0.25, 0.3) is 0 Å². The second-order valence-electron chi connectivity index (χ2n) is 5.73. The van der Waals surface area contributed by atoms with Gasteiger partial charge in [0.05, 0.1) is 6.54 Å². The molecule has 0 spiro atoms. The van der Waals surface area contributed by atoms with Crippen molar-refractivity contribution in [3.63, 3.8) is 0 Å². The van der Waals surface area contributed by atoms with Crippen LogP contribution in [0.25, 0.3) is 0 Å². The lowest BCUT2D eigenvalue weighted by Crippen LogP contribution is -2.49. The van der Waals surface area contributed by atoms with E-state index in [0.29, 0.717) is 6.54 Å². The van der Waals surface area contributed by atoms with Gasteiger partial charge < -0.3 is 10.2 Å². The standard InChI is InChI=1S/C16H25N3O.ClH/c1-13-4-5-15(14(2)10-13)11-18(3)12-16(20)19-8-6-17-7-9-19;/h4-5,10,17H,6-9,11-12H2,1-3H3;1H. The number of carbonyl (C=O) groups is 1. The highest BCUT2D eigenvalue weighted by Crippen LogP contribution is 2.12. The smallest absolute Gasteiger partial charge is 0.236 e. The van der Waals surface area contributed by atoms with Gasteiger partial charge in [-0.3, -0.25) is 9.69 Å². The summed E-state index contributed by atoms with van der Waals surface area (Å²) in [6.07, 6.45) is 0. The molecule has 0 bridgehead atoms. The molecule has 21 heavy (non-hydrogen) atoms. The van der Waals surface area contributed by atoms with Gasteiger partial charge in [-0.2, -0.15) is 0 Å². The summed E-state index contributed by atoms with van der Waals surface area (Å²) in [6.45, 7) is 9.03. The summed E-state index contributed by atoms with van der Waals surface area (Å²) in [5, 5.41) is 3.27. The third-order valence-electron chi connectivity index (χ3n) is 3.81. The Hall–Kier alpha value is -1.10. The third kappa shape index (κ3) is 5.30. The van der Waals surface area contributed by atoms with E-state index in [-0.39, 0.29) is 18.3 Å². The monoisotopic (exact) mass is 311 g/mol. The molecule has 0 unspecified atom stereocenters. The molecule has 1 N–H and O–H groups in total. The van der Waals surface area contributed by atoms with Crippen LogP contribution in [-0.4, -0.2) is 55.5 Å². The second kappa shape index (κ2) is 8.37. The first-order chi connectivity index (χ1) is 9.56. The van der Waals surface area contributed by atoms with Crippen molar-refractivity contribution in [3.05, 3.63) is 34.9 Å². The van der Waals surface area contributed by atoms with Gasteiger partial charge in [-0.15, -0.1) is 12.4 Å². The Balaban J connectivity index is 0.00000220. The fourth-order valence-corrected chi connectivity index (χ4v) is 2.62. The van der Waals surface area contributed by atoms with Crippen LogP contribution < -0.4 is 5.32 Å². The van der Waals surface area contributed by atoms with Crippen LogP contribution in [0.3, 0.4) is 0 Å². The molecule has 1 amide bonds. The Morgan fingerprint density at radius 3 is 2.57 bits per heavy atom. The van der Waals surface area contributed by atoms with Crippen molar-refractivity contribution >= 4 is 18.3 Å². The number of nitrogens with one attached hydrogen (secondary N) is 1. The number of hydrogen-bond donors (Lipinski definition) is 1. The lowest BCUT2D eigenvalue weighted by atomic mass is 10.1. The maximum Gasteiger partial charge on any atom is 0.236 e. The Morgan fingerprint density at radius 1 is 1.29 bits per heavy atom. The van der Waals surface area contributed by atoms with Gasteiger partial charge in [0, 0.05) is 32.7 Å². The van der Waals surface area contributed by atoms with Crippen molar-refractivity contribution in [2.24, 2.45) is 0 Å². The van der Waals surface area contributed by atoms with Crippen molar-refractivity contribution in [1.29, 1.82) is 0 Å². The molecular weight excluding hydrogens is 286 g/mol. The van der Waals surface area contributed by atoms with Gasteiger partial charge in [0.15, 0.2) is 0 Å². The molecular formula is C16H26ClN3O. The molecule has 1 heterocycles. The number of aryl methyl sites for hydroxylation is 2. The van der Waals surface area contributed by atoms with Gasteiger partial charge in [0.2, 0.25) is 5.91 Å². The highest BCUT2D eigenvalue weighted by molar-refractivity contribution is 5.85.